The van der Waals surface area contributed by atoms with Crippen LogP contribution >= 0.6 is 0 Å². The molecule has 3 heterocycles. The number of fused-ring (bicyclic) bond motifs is 1. The number of carbonyl (C=O) groups is 1. The van der Waals surface area contributed by atoms with Gasteiger partial charge in [-0.15, -0.1) is 0 Å². The number of anilines is 2. The molecule has 0 aliphatic carbocycles. The number of pyridine rings is 1. The van der Waals surface area contributed by atoms with Gasteiger partial charge >= 0.3 is 0 Å². The lowest BCUT2D eigenvalue weighted by Crippen LogP contribution is -2.26. The molecule has 0 fully saturated rings. The van der Waals surface area contributed by atoms with Gasteiger partial charge in [-0.3, -0.25) is 13.3 Å². The first-order valence-corrected chi connectivity index (χ1v) is 11.4. The van der Waals surface area contributed by atoms with Crippen LogP contribution in [-0.2, 0) is 24.2 Å². The molecule has 2 aromatic heterocycles. The van der Waals surface area contributed by atoms with E-state index >= 15 is 4.39 Å². The van der Waals surface area contributed by atoms with Gasteiger partial charge in [0.1, 0.15) is 23.3 Å². The van der Waals surface area contributed by atoms with E-state index in [1.54, 1.807) is 4.57 Å². The topological polar surface area (TPSA) is 136 Å². The van der Waals surface area contributed by atoms with Gasteiger partial charge in [0.25, 0.3) is 5.91 Å². The number of amides is 1. The second-order valence-electron chi connectivity index (χ2n) is 7.68. The predicted octanol–water partition coefficient (Wildman–Crippen LogP) is 2.46. The number of hydrogen-bond donors (Lipinski definition) is 1. The quantitative estimate of drug-likeness (QED) is 0.513. The SMILES string of the molecule is CNC(=O)c1ncn2c1CC[C@H](c1c(F)ccc(N(c3cc(C#N)cnc3OC)S(=O)[O-])c1F)C2. The molecule has 0 radical (unpaired) electrons. The minimum atomic E-state index is -3.07. The average molecular weight is 501 g/mol. The predicted molar refractivity (Wildman–Crippen MR) is 120 cm³/mol. The first-order valence-electron chi connectivity index (χ1n) is 10.4. The summed E-state index contributed by atoms with van der Waals surface area (Å²) < 4.78 is 62.5. The summed E-state index contributed by atoms with van der Waals surface area (Å²) in [4.78, 5) is 20.0. The molecule has 10 nitrogen and oxygen atoms in total. The maximum atomic E-state index is 15.8. The molecule has 1 unspecified atom stereocenters. The van der Waals surface area contributed by atoms with Crippen molar-refractivity contribution in [1.29, 1.82) is 5.26 Å². The number of hydrogen-bond acceptors (Lipinski definition) is 7. The van der Waals surface area contributed by atoms with E-state index in [0.717, 1.165) is 12.1 Å². The zero-order chi connectivity index (χ0) is 25.3. The van der Waals surface area contributed by atoms with Crippen molar-refractivity contribution < 1.29 is 27.1 Å². The largest absolute Gasteiger partial charge is 0.755 e. The summed E-state index contributed by atoms with van der Waals surface area (Å²) in [6.07, 6.45) is 3.27. The lowest BCUT2D eigenvalue weighted by molar-refractivity contribution is 0.0957. The molecular weight excluding hydrogens is 482 g/mol. The zero-order valence-electron chi connectivity index (χ0n) is 18.6. The summed E-state index contributed by atoms with van der Waals surface area (Å²) in [5.74, 6) is -3.08. The van der Waals surface area contributed by atoms with Crippen LogP contribution in [0.5, 0.6) is 5.88 Å². The summed E-state index contributed by atoms with van der Waals surface area (Å²) in [5, 5.41) is 11.7. The van der Waals surface area contributed by atoms with Gasteiger partial charge in [0, 0.05) is 31.3 Å². The van der Waals surface area contributed by atoms with Gasteiger partial charge in [-0.1, -0.05) is 0 Å². The molecule has 1 N–H and O–H groups in total. The molecule has 4 rings (SSSR count). The van der Waals surface area contributed by atoms with E-state index in [4.69, 9.17) is 4.74 Å². The molecule has 182 valence electrons. The van der Waals surface area contributed by atoms with E-state index in [9.17, 15) is 23.2 Å². The fraction of sp³-hybridized carbons (Fsp3) is 0.273. The van der Waals surface area contributed by atoms with Crippen LogP contribution in [0.3, 0.4) is 0 Å². The Labute approximate surface area is 201 Å². The monoisotopic (exact) mass is 501 g/mol. The third-order valence-corrected chi connectivity index (χ3v) is 6.48. The molecule has 13 heteroatoms. The number of halogens is 2. The fourth-order valence-electron chi connectivity index (χ4n) is 4.19. The molecule has 1 aliphatic rings. The highest BCUT2D eigenvalue weighted by Gasteiger charge is 2.31. The summed E-state index contributed by atoms with van der Waals surface area (Å²) >= 11 is -3.07. The highest BCUT2D eigenvalue weighted by atomic mass is 32.2. The van der Waals surface area contributed by atoms with Gasteiger partial charge in [0.05, 0.1) is 41.6 Å². The molecular formula is C22H19F2N6O4S-. The van der Waals surface area contributed by atoms with Crippen LogP contribution in [0.1, 0.15) is 39.6 Å². The van der Waals surface area contributed by atoms with Crippen molar-refractivity contribution in [1.82, 2.24) is 19.9 Å². The standard InChI is InChI=1S/C22H20F2N6O4S/c1-26-21(31)20-16-5-3-13(10-29(16)11-28-20)18-14(23)4-6-15(19(18)24)30(35(32)33)17-7-12(8-25)9-27-22(17)34-2/h4,6-7,9,11,13H,3,5,10H2,1-2H3,(H,26,31)(H,32,33)/p-1/t13-/m0/s1. The van der Waals surface area contributed by atoms with Crippen molar-refractivity contribution in [2.75, 3.05) is 18.5 Å². The molecule has 0 saturated heterocycles. The van der Waals surface area contributed by atoms with Gasteiger partial charge in [-0.05, 0) is 31.0 Å². The Morgan fingerprint density at radius 3 is 2.80 bits per heavy atom. The minimum absolute atomic E-state index is 0.0193. The van der Waals surface area contributed by atoms with Gasteiger partial charge < -0.3 is 19.2 Å². The number of ether oxygens (including phenoxy) is 1. The number of benzene rings is 1. The van der Waals surface area contributed by atoms with E-state index in [0.29, 0.717) is 22.8 Å². The maximum Gasteiger partial charge on any atom is 0.271 e. The van der Waals surface area contributed by atoms with Crippen LogP contribution in [0.25, 0.3) is 0 Å². The Hall–Kier alpha value is -3.89. The van der Waals surface area contributed by atoms with E-state index in [1.807, 2.05) is 6.07 Å². The normalized spacial score (nSPS) is 15.6. The van der Waals surface area contributed by atoms with Crippen LogP contribution in [0.15, 0.2) is 30.7 Å². The molecule has 1 amide bonds. The molecule has 35 heavy (non-hydrogen) atoms. The molecule has 3 aromatic rings. The summed E-state index contributed by atoms with van der Waals surface area (Å²) in [6, 6.07) is 5.01. The highest BCUT2D eigenvalue weighted by molar-refractivity contribution is 7.81. The van der Waals surface area contributed by atoms with Crippen molar-refractivity contribution in [2.24, 2.45) is 0 Å². The van der Waals surface area contributed by atoms with Gasteiger partial charge in [-0.25, -0.2) is 18.7 Å². The Kier molecular flexibility index (Phi) is 6.77. The van der Waals surface area contributed by atoms with Gasteiger partial charge in [0.15, 0.2) is 5.82 Å². The average Bonchev–Trinajstić information content (AvgIpc) is 3.28. The Morgan fingerprint density at radius 1 is 1.37 bits per heavy atom. The molecule has 0 spiro atoms. The number of nitrogens with zero attached hydrogens (tertiary/aromatic N) is 5. The second-order valence-corrected chi connectivity index (χ2v) is 8.48. The van der Waals surface area contributed by atoms with Crippen molar-refractivity contribution in [3.63, 3.8) is 0 Å². The van der Waals surface area contributed by atoms with Crippen LogP contribution in [-0.4, -0.2) is 43.4 Å². The summed E-state index contributed by atoms with van der Waals surface area (Å²) in [6.45, 7) is 0.145. The Balaban J connectivity index is 1.78. The Bertz CT molecular complexity index is 1370. The van der Waals surface area contributed by atoms with E-state index in [2.05, 4.69) is 15.3 Å². The van der Waals surface area contributed by atoms with Crippen molar-refractivity contribution in [3.05, 3.63) is 64.9 Å². The van der Waals surface area contributed by atoms with Crippen molar-refractivity contribution in [3.8, 4) is 11.9 Å². The smallest absolute Gasteiger partial charge is 0.271 e. The van der Waals surface area contributed by atoms with E-state index < -0.39 is 34.5 Å². The number of methoxy groups -OCH3 is 1. The first-order chi connectivity index (χ1) is 16.8. The molecule has 1 aliphatic heterocycles. The number of rotatable bonds is 6. The first kappa shape index (κ1) is 24.2. The molecule has 0 bridgehead atoms. The Morgan fingerprint density at radius 2 is 2.14 bits per heavy atom. The minimum Gasteiger partial charge on any atom is -0.755 e. The second kappa shape index (κ2) is 9.77. The number of aromatic nitrogens is 3. The van der Waals surface area contributed by atoms with Gasteiger partial charge in [-0.2, -0.15) is 5.26 Å². The fourth-order valence-corrected chi connectivity index (χ4v) is 4.79. The van der Waals surface area contributed by atoms with Crippen LogP contribution in [0.4, 0.5) is 20.2 Å². The zero-order valence-corrected chi connectivity index (χ0v) is 19.4. The molecule has 1 aromatic carbocycles. The van der Waals surface area contributed by atoms with Crippen LogP contribution < -0.4 is 14.4 Å². The number of carbonyl (C=O) groups excluding carboxylic acids is 1. The number of imidazole rings is 1. The van der Waals surface area contributed by atoms with E-state index in [1.165, 1.54) is 32.7 Å². The number of nitriles is 1. The highest BCUT2D eigenvalue weighted by Crippen LogP contribution is 2.40. The van der Waals surface area contributed by atoms with E-state index in [-0.39, 0.29) is 40.8 Å². The third kappa shape index (κ3) is 4.33. The van der Waals surface area contributed by atoms with Crippen molar-refractivity contribution in [2.45, 2.75) is 25.3 Å². The summed E-state index contributed by atoms with van der Waals surface area (Å²) in [5.41, 5.74) is -0.0120. The van der Waals surface area contributed by atoms with Crippen LogP contribution in [0.2, 0.25) is 0 Å². The number of nitrogens with one attached hydrogen (secondary N) is 1. The summed E-state index contributed by atoms with van der Waals surface area (Å²) in [7, 11) is 2.73. The molecule has 2 atom stereocenters. The maximum absolute atomic E-state index is 15.8. The molecule has 0 saturated carbocycles. The van der Waals surface area contributed by atoms with Crippen molar-refractivity contribution >= 4 is 28.5 Å². The lowest BCUT2D eigenvalue weighted by Gasteiger charge is -2.30. The van der Waals surface area contributed by atoms with Gasteiger partial charge in [0.2, 0.25) is 5.88 Å². The van der Waals surface area contributed by atoms with Crippen LogP contribution in [0, 0.1) is 23.0 Å². The lowest BCUT2D eigenvalue weighted by atomic mass is 9.89. The third-order valence-electron chi connectivity index (χ3n) is 5.79.